The predicted molar refractivity (Wildman–Crippen MR) is 78.0 cm³/mol. The van der Waals surface area contributed by atoms with Crippen LogP contribution in [0, 0.1) is 0 Å². The van der Waals surface area contributed by atoms with Crippen LogP contribution in [0.4, 0.5) is 0 Å². The summed E-state index contributed by atoms with van der Waals surface area (Å²) in [7, 11) is 4.40. The fourth-order valence-corrected chi connectivity index (χ4v) is 11.5. The molecule has 0 heterocycles. The van der Waals surface area contributed by atoms with Crippen molar-refractivity contribution in [3.63, 3.8) is 0 Å². The van der Waals surface area contributed by atoms with Crippen molar-refractivity contribution in [2.75, 3.05) is 0 Å². The molecule has 2 unspecified atom stereocenters. The van der Waals surface area contributed by atoms with Crippen molar-refractivity contribution in [3.05, 3.63) is 0 Å². The van der Waals surface area contributed by atoms with Gasteiger partial charge in [-0.2, -0.15) is 0 Å². The van der Waals surface area contributed by atoms with Gasteiger partial charge in [-0.3, -0.25) is 0 Å². The Labute approximate surface area is 98.9 Å². The molecular weight excluding hydrogens is 216 g/mol. The van der Waals surface area contributed by atoms with E-state index in [1.165, 1.54) is 61.1 Å². The predicted octanol–water partition coefficient (Wildman–Crippen LogP) is 0.582. The summed E-state index contributed by atoms with van der Waals surface area (Å²) in [5.74, 6) is 0. The largest absolute Gasteiger partial charge is 0.0654 e. The van der Waals surface area contributed by atoms with E-state index in [9.17, 15) is 0 Å². The Hall–Kier alpha value is 0.651. The summed E-state index contributed by atoms with van der Waals surface area (Å²) >= 11 is 0. The highest BCUT2D eigenvalue weighted by atomic mass is 28.2. The average Bonchev–Trinajstić information content (AvgIpc) is 2.01. The molecule has 0 saturated heterocycles. The van der Waals surface area contributed by atoms with Gasteiger partial charge in [0.05, 0.1) is 0 Å². The topological polar surface area (TPSA) is 0 Å². The maximum Gasteiger partial charge on any atom is 0.0106 e. The van der Waals surface area contributed by atoms with Gasteiger partial charge >= 0.3 is 0 Å². The normalized spacial score (nSPS) is 39.2. The van der Waals surface area contributed by atoms with Crippen molar-refractivity contribution >= 4 is 30.7 Å². The molecule has 0 nitrogen and oxygen atoms in total. The molecule has 0 aromatic rings. The molecular formula is C11H28Si3. The number of hydrogen-bond donors (Lipinski definition) is 0. The molecule has 1 saturated carbocycles. The van der Waals surface area contributed by atoms with E-state index in [0.29, 0.717) is 0 Å². The van der Waals surface area contributed by atoms with Crippen LogP contribution in [0.2, 0.25) is 16.1 Å². The highest BCUT2D eigenvalue weighted by Gasteiger charge is 2.32. The lowest BCUT2D eigenvalue weighted by Gasteiger charge is -2.40. The minimum absolute atomic E-state index is 0.881. The molecule has 0 bridgehead atoms. The first-order chi connectivity index (χ1) is 6.56. The Kier molecular flexibility index (Phi) is 5.14. The molecule has 0 aliphatic heterocycles. The first-order valence-electron chi connectivity index (χ1n) is 6.56. The van der Waals surface area contributed by atoms with Crippen LogP contribution in [0.1, 0.15) is 51.9 Å². The van der Waals surface area contributed by atoms with Crippen LogP contribution >= 0.6 is 0 Å². The highest BCUT2D eigenvalue weighted by Crippen LogP contribution is 2.51. The van der Waals surface area contributed by atoms with E-state index in [1.54, 1.807) is 25.7 Å². The quantitative estimate of drug-likeness (QED) is 0.501. The second-order valence-electron chi connectivity index (χ2n) is 6.12. The van der Waals surface area contributed by atoms with E-state index in [1.807, 2.05) is 0 Å². The minimum atomic E-state index is 0.881. The number of rotatable bonds is 4. The molecule has 1 rings (SSSR count). The molecule has 2 atom stereocenters. The lowest BCUT2D eigenvalue weighted by molar-refractivity contribution is 0.350. The first-order valence-corrected chi connectivity index (χ1v) is 9.86. The lowest BCUT2D eigenvalue weighted by atomic mass is 9.83. The zero-order valence-corrected chi connectivity index (χ0v) is 16.6. The Balaban J connectivity index is 2.38. The Morgan fingerprint density at radius 2 is 1.71 bits per heavy atom. The van der Waals surface area contributed by atoms with Crippen molar-refractivity contribution in [1.82, 2.24) is 0 Å². The Morgan fingerprint density at radius 3 is 2.21 bits per heavy atom. The minimum Gasteiger partial charge on any atom is -0.0654 e. The van der Waals surface area contributed by atoms with Crippen LogP contribution in [-0.4, -0.2) is 30.7 Å². The van der Waals surface area contributed by atoms with Gasteiger partial charge in [0, 0.05) is 30.7 Å². The summed E-state index contributed by atoms with van der Waals surface area (Å²) in [5, 5.41) is 0.881. The molecule has 1 aliphatic carbocycles. The van der Waals surface area contributed by atoms with Crippen LogP contribution < -0.4 is 0 Å². The van der Waals surface area contributed by atoms with Crippen LogP contribution in [0.25, 0.3) is 0 Å². The van der Waals surface area contributed by atoms with Gasteiger partial charge in [-0.05, 0) is 5.04 Å². The molecule has 3 heteroatoms. The van der Waals surface area contributed by atoms with E-state index >= 15 is 0 Å². The van der Waals surface area contributed by atoms with Gasteiger partial charge in [0.1, 0.15) is 0 Å². The fourth-order valence-electron chi connectivity index (χ4n) is 3.63. The van der Waals surface area contributed by atoms with Crippen LogP contribution in [-0.2, 0) is 0 Å². The zero-order valence-electron chi connectivity index (χ0n) is 10.6. The highest BCUT2D eigenvalue weighted by molar-refractivity contribution is 6.20. The molecule has 0 amide bonds. The smallest absolute Gasteiger partial charge is 0.0106 e. The van der Waals surface area contributed by atoms with Crippen molar-refractivity contribution < 1.29 is 0 Å². The van der Waals surface area contributed by atoms with Gasteiger partial charge < -0.3 is 0 Å². The van der Waals surface area contributed by atoms with E-state index < -0.39 is 0 Å². The van der Waals surface area contributed by atoms with Gasteiger partial charge in [-0.25, -0.2) is 0 Å². The summed E-state index contributed by atoms with van der Waals surface area (Å²) in [6, 6.07) is 0. The van der Waals surface area contributed by atoms with E-state index in [4.69, 9.17) is 0 Å². The molecule has 0 aromatic carbocycles. The van der Waals surface area contributed by atoms with Crippen LogP contribution in [0.15, 0.2) is 0 Å². The molecule has 14 heavy (non-hydrogen) atoms. The molecule has 84 valence electrons. The van der Waals surface area contributed by atoms with Crippen molar-refractivity contribution in [3.8, 4) is 0 Å². The average molecular weight is 245 g/mol. The summed E-state index contributed by atoms with van der Waals surface area (Å²) in [6.45, 7) is 2.33. The summed E-state index contributed by atoms with van der Waals surface area (Å²) in [4.78, 5) is 0. The number of hydrogen-bond acceptors (Lipinski definition) is 0. The van der Waals surface area contributed by atoms with Crippen LogP contribution in [0.3, 0.4) is 0 Å². The zero-order chi connectivity index (χ0) is 10.6. The van der Waals surface area contributed by atoms with E-state index in [0.717, 1.165) is 5.04 Å². The Morgan fingerprint density at radius 1 is 1.14 bits per heavy atom. The maximum absolute atomic E-state index is 2.33. The van der Waals surface area contributed by atoms with Crippen molar-refractivity contribution in [1.29, 1.82) is 0 Å². The third-order valence-electron chi connectivity index (χ3n) is 3.87. The molecule has 1 aliphatic rings. The first kappa shape index (κ1) is 12.7. The van der Waals surface area contributed by atoms with Gasteiger partial charge in [0.2, 0.25) is 0 Å². The van der Waals surface area contributed by atoms with Gasteiger partial charge in [-0.1, -0.05) is 63.0 Å². The molecule has 1 fully saturated rings. The lowest BCUT2D eigenvalue weighted by Crippen LogP contribution is -2.24. The monoisotopic (exact) mass is 244 g/mol. The van der Waals surface area contributed by atoms with Crippen molar-refractivity contribution in [2.45, 2.75) is 68.0 Å². The second kappa shape index (κ2) is 5.66. The van der Waals surface area contributed by atoms with Crippen LogP contribution in [0.5, 0.6) is 0 Å². The third-order valence-corrected chi connectivity index (χ3v) is 6.95. The number of unbranched alkanes of at least 4 members (excludes halogenated alkanes) is 2. The van der Waals surface area contributed by atoms with E-state index in [2.05, 4.69) is 6.92 Å². The Bertz CT molecular complexity index is 160. The standard InChI is InChI=1S/C11H28Si3/c1-2-3-4-5-11(14)7-9(12)6-10(13)8-11/h9-10H,2-8H2,1,12-14H3. The van der Waals surface area contributed by atoms with Gasteiger partial charge in [-0.15, -0.1) is 0 Å². The summed E-state index contributed by atoms with van der Waals surface area (Å²) in [5.41, 5.74) is 2.34. The van der Waals surface area contributed by atoms with Gasteiger partial charge in [0.25, 0.3) is 0 Å². The van der Waals surface area contributed by atoms with E-state index in [-0.39, 0.29) is 0 Å². The molecule has 0 spiro atoms. The molecule has 0 aromatic heterocycles. The van der Waals surface area contributed by atoms with Crippen molar-refractivity contribution in [2.24, 2.45) is 0 Å². The fraction of sp³-hybridized carbons (Fsp3) is 1.00. The summed E-state index contributed by atoms with van der Waals surface area (Å²) in [6.07, 6.45) is 10.8. The van der Waals surface area contributed by atoms with Gasteiger partial charge in [0.15, 0.2) is 0 Å². The third kappa shape index (κ3) is 4.03. The maximum atomic E-state index is 2.33. The second-order valence-corrected chi connectivity index (χ2v) is 11.5. The molecule has 0 radical (unpaired) electrons. The summed E-state index contributed by atoms with van der Waals surface area (Å²) < 4.78 is 0. The SMILES string of the molecule is CCCCCC1([SiH3])CC([SiH3])CC([SiH3])C1. The molecule has 0 N–H and O–H groups in total.